The summed E-state index contributed by atoms with van der Waals surface area (Å²) in [6, 6.07) is 20.8. The smallest absolute Gasteiger partial charge is 0.414 e. The van der Waals surface area contributed by atoms with E-state index in [1.165, 1.54) is 23.1 Å². The molecule has 3 aromatic rings. The molecule has 0 radical (unpaired) electrons. The number of aliphatic hydroxyl groups excluding tert-OH is 1. The van der Waals surface area contributed by atoms with E-state index in [1.54, 1.807) is 30.3 Å². The first-order chi connectivity index (χ1) is 15.0. The molecule has 31 heavy (non-hydrogen) atoms. The first-order valence-corrected chi connectivity index (χ1v) is 9.81. The lowest BCUT2D eigenvalue weighted by Crippen LogP contribution is -2.25. The van der Waals surface area contributed by atoms with Gasteiger partial charge in [-0.2, -0.15) is 0 Å². The van der Waals surface area contributed by atoms with Crippen molar-refractivity contribution in [3.8, 4) is 11.1 Å². The lowest BCUT2D eigenvalue weighted by atomic mass is 10.0. The number of benzene rings is 3. The van der Waals surface area contributed by atoms with Crippen LogP contribution in [-0.4, -0.2) is 36.2 Å². The molecule has 6 heteroatoms. The Morgan fingerprint density at radius 2 is 1.68 bits per heavy atom. The number of hydrogen-bond acceptors (Lipinski definition) is 4. The van der Waals surface area contributed by atoms with E-state index >= 15 is 0 Å². The van der Waals surface area contributed by atoms with Crippen LogP contribution in [0.25, 0.3) is 17.2 Å². The number of anilines is 1. The second-order valence-corrected chi connectivity index (χ2v) is 7.14. The van der Waals surface area contributed by atoms with Crippen LogP contribution >= 0.6 is 0 Å². The fourth-order valence-corrected chi connectivity index (χ4v) is 3.36. The first-order valence-electron chi connectivity index (χ1n) is 9.81. The van der Waals surface area contributed by atoms with E-state index in [1.807, 2.05) is 36.4 Å². The van der Waals surface area contributed by atoms with Crippen LogP contribution in [0.5, 0.6) is 0 Å². The Labute approximate surface area is 179 Å². The molecule has 0 saturated carbocycles. The molecule has 0 unspecified atom stereocenters. The largest absolute Gasteiger partial charge is 0.441 e. The van der Waals surface area contributed by atoms with E-state index in [0.717, 1.165) is 11.1 Å². The number of aliphatic hydroxyl groups is 1. The minimum Gasteiger partial charge on any atom is -0.441 e. The standard InChI is InChI=1S/C25H20FNO4/c26-23-4-2-1-3-19(23)11-14-24(29)20-7-5-17(6-8-20)18-9-12-21(13-10-18)27-15-22(16-28)31-25(27)30/h1-14,22,28H,15-16H2/b14-11+/t22-/m1/s1. The van der Waals surface area contributed by atoms with Gasteiger partial charge in [-0.1, -0.05) is 54.6 Å². The van der Waals surface area contributed by atoms with Gasteiger partial charge in [0.25, 0.3) is 0 Å². The molecular formula is C25H20FNO4. The van der Waals surface area contributed by atoms with Crippen molar-refractivity contribution in [3.05, 3.63) is 95.8 Å². The Bertz CT molecular complexity index is 1120. The zero-order chi connectivity index (χ0) is 21.8. The highest BCUT2D eigenvalue weighted by Crippen LogP contribution is 2.26. The molecular weight excluding hydrogens is 397 g/mol. The molecule has 156 valence electrons. The molecule has 1 saturated heterocycles. The number of nitrogens with zero attached hydrogens (tertiary/aromatic N) is 1. The topological polar surface area (TPSA) is 66.8 Å². The van der Waals surface area contributed by atoms with Crippen molar-refractivity contribution in [1.82, 2.24) is 0 Å². The van der Waals surface area contributed by atoms with Crippen molar-refractivity contribution in [3.63, 3.8) is 0 Å². The Hall–Kier alpha value is -3.77. The monoisotopic (exact) mass is 417 g/mol. The van der Waals surface area contributed by atoms with Crippen LogP contribution in [0.3, 0.4) is 0 Å². The average molecular weight is 417 g/mol. The van der Waals surface area contributed by atoms with Gasteiger partial charge >= 0.3 is 6.09 Å². The zero-order valence-electron chi connectivity index (χ0n) is 16.6. The molecule has 0 aliphatic carbocycles. The van der Waals surface area contributed by atoms with Crippen molar-refractivity contribution >= 4 is 23.6 Å². The fraction of sp³-hybridized carbons (Fsp3) is 0.120. The van der Waals surface area contributed by atoms with Gasteiger partial charge in [0.2, 0.25) is 0 Å². The van der Waals surface area contributed by atoms with E-state index in [4.69, 9.17) is 9.84 Å². The van der Waals surface area contributed by atoms with Gasteiger partial charge in [0.1, 0.15) is 11.9 Å². The third kappa shape index (κ3) is 4.54. The van der Waals surface area contributed by atoms with Crippen LogP contribution in [-0.2, 0) is 4.74 Å². The Balaban J connectivity index is 1.45. The molecule has 1 aliphatic rings. The number of rotatable bonds is 6. The number of ether oxygens (including phenoxy) is 1. The Kier molecular flexibility index (Phi) is 5.91. The predicted octanol–water partition coefficient (Wildman–Crippen LogP) is 4.71. The lowest BCUT2D eigenvalue weighted by molar-refractivity contribution is 0.0963. The van der Waals surface area contributed by atoms with Crippen molar-refractivity contribution < 1.29 is 23.8 Å². The molecule has 0 spiro atoms. The maximum atomic E-state index is 13.7. The lowest BCUT2D eigenvalue weighted by Gasteiger charge is -2.13. The summed E-state index contributed by atoms with van der Waals surface area (Å²) in [7, 11) is 0. The molecule has 1 fully saturated rings. The summed E-state index contributed by atoms with van der Waals surface area (Å²) < 4.78 is 18.7. The summed E-state index contributed by atoms with van der Waals surface area (Å²) in [5.74, 6) is -0.587. The molecule has 4 rings (SSSR count). The van der Waals surface area contributed by atoms with Crippen molar-refractivity contribution in [2.45, 2.75) is 6.10 Å². The molecule has 1 aliphatic heterocycles. The highest BCUT2D eigenvalue weighted by Gasteiger charge is 2.31. The third-order valence-corrected chi connectivity index (χ3v) is 5.08. The van der Waals surface area contributed by atoms with Gasteiger partial charge < -0.3 is 9.84 Å². The normalized spacial score (nSPS) is 16.0. The van der Waals surface area contributed by atoms with Gasteiger partial charge in [0.05, 0.1) is 13.2 Å². The van der Waals surface area contributed by atoms with Crippen molar-refractivity contribution in [2.24, 2.45) is 0 Å². The number of amides is 1. The third-order valence-electron chi connectivity index (χ3n) is 5.08. The number of carbonyl (C=O) groups excluding carboxylic acids is 2. The number of halogens is 1. The highest BCUT2D eigenvalue weighted by atomic mass is 19.1. The molecule has 3 aromatic carbocycles. The van der Waals surface area contributed by atoms with Crippen LogP contribution in [0.4, 0.5) is 14.9 Å². The second-order valence-electron chi connectivity index (χ2n) is 7.14. The quantitative estimate of drug-likeness (QED) is 0.466. The maximum Gasteiger partial charge on any atom is 0.414 e. The molecule has 1 amide bonds. The van der Waals surface area contributed by atoms with Crippen LogP contribution < -0.4 is 4.90 Å². The number of cyclic esters (lactones) is 1. The molecule has 1 heterocycles. The molecule has 1 N–H and O–H groups in total. The number of carbonyl (C=O) groups is 2. The number of ketones is 1. The minimum absolute atomic E-state index is 0.207. The van der Waals surface area contributed by atoms with Crippen LogP contribution in [0.15, 0.2) is 78.9 Å². The molecule has 0 bridgehead atoms. The van der Waals surface area contributed by atoms with E-state index in [0.29, 0.717) is 23.4 Å². The predicted molar refractivity (Wildman–Crippen MR) is 116 cm³/mol. The first kappa shape index (κ1) is 20.5. The Morgan fingerprint density at radius 3 is 2.29 bits per heavy atom. The fourth-order valence-electron chi connectivity index (χ4n) is 3.36. The molecule has 5 nitrogen and oxygen atoms in total. The summed E-state index contributed by atoms with van der Waals surface area (Å²) in [6.07, 6.45) is 1.84. The molecule has 0 aromatic heterocycles. The van der Waals surface area contributed by atoms with E-state index in [9.17, 15) is 14.0 Å². The maximum absolute atomic E-state index is 13.7. The summed E-state index contributed by atoms with van der Waals surface area (Å²) >= 11 is 0. The Morgan fingerprint density at radius 1 is 1.03 bits per heavy atom. The summed E-state index contributed by atoms with van der Waals surface area (Å²) in [5.41, 5.74) is 3.40. The molecule has 1 atom stereocenters. The van der Waals surface area contributed by atoms with Crippen molar-refractivity contribution in [2.75, 3.05) is 18.1 Å². The van der Waals surface area contributed by atoms with Crippen LogP contribution in [0, 0.1) is 5.82 Å². The summed E-state index contributed by atoms with van der Waals surface area (Å²) in [5, 5.41) is 9.16. The second kappa shape index (κ2) is 8.93. The average Bonchev–Trinajstić information content (AvgIpc) is 3.19. The van der Waals surface area contributed by atoms with Crippen LogP contribution in [0.1, 0.15) is 15.9 Å². The summed E-state index contributed by atoms with van der Waals surface area (Å²) in [6.45, 7) is 0.104. The SMILES string of the molecule is O=C(/C=C/c1ccccc1F)c1ccc(-c2ccc(N3C[C@H](CO)OC3=O)cc2)cc1. The van der Waals surface area contributed by atoms with Gasteiger partial charge in [-0.05, 0) is 41.5 Å². The van der Waals surface area contributed by atoms with Crippen molar-refractivity contribution in [1.29, 1.82) is 0 Å². The summed E-state index contributed by atoms with van der Waals surface area (Å²) in [4.78, 5) is 25.8. The number of hydrogen-bond donors (Lipinski definition) is 1. The van der Waals surface area contributed by atoms with Gasteiger partial charge in [0, 0.05) is 16.8 Å². The van der Waals surface area contributed by atoms with Crippen LogP contribution in [0.2, 0.25) is 0 Å². The minimum atomic E-state index is -0.510. The van der Waals surface area contributed by atoms with Gasteiger partial charge in [-0.3, -0.25) is 9.69 Å². The number of allylic oxidation sites excluding steroid dienone is 1. The van der Waals surface area contributed by atoms with E-state index in [-0.39, 0.29) is 18.2 Å². The van der Waals surface area contributed by atoms with E-state index in [2.05, 4.69) is 0 Å². The van der Waals surface area contributed by atoms with Gasteiger partial charge in [-0.25, -0.2) is 9.18 Å². The van der Waals surface area contributed by atoms with Gasteiger partial charge in [0.15, 0.2) is 5.78 Å². The highest BCUT2D eigenvalue weighted by molar-refractivity contribution is 6.07. The zero-order valence-corrected chi connectivity index (χ0v) is 16.6. The van der Waals surface area contributed by atoms with Gasteiger partial charge in [-0.15, -0.1) is 0 Å². The van der Waals surface area contributed by atoms with E-state index < -0.39 is 12.2 Å².